The monoisotopic (exact) mass is 330 g/mol. The Kier molecular flexibility index (Phi) is 3.49. The average Bonchev–Trinajstić information content (AvgIpc) is 2.86. The summed E-state index contributed by atoms with van der Waals surface area (Å²) in [7, 11) is 0. The Morgan fingerprint density at radius 2 is 2.05 bits per heavy atom. The van der Waals surface area contributed by atoms with Gasteiger partial charge in [-0.15, -0.1) is 0 Å². The molecule has 0 bridgehead atoms. The van der Waals surface area contributed by atoms with Crippen LogP contribution in [0, 0.1) is 6.92 Å². The number of urea groups is 1. The molecule has 4 heteroatoms. The van der Waals surface area contributed by atoms with Gasteiger partial charge in [-0.25, -0.2) is 4.79 Å². The van der Waals surface area contributed by atoms with Crippen molar-refractivity contribution in [1.82, 2.24) is 0 Å². The molecule has 102 valence electrons. The normalized spacial score (nSPS) is 13.2. The fourth-order valence-electron chi connectivity index (χ4n) is 2.50. The highest BCUT2D eigenvalue weighted by Crippen LogP contribution is 2.28. The first-order chi connectivity index (χ1) is 9.65. The number of nitrogens with zero attached hydrogens (tertiary/aromatic N) is 1. The number of halogens is 1. The Bertz CT molecular complexity index is 669. The van der Waals surface area contributed by atoms with Gasteiger partial charge in [0.05, 0.1) is 0 Å². The van der Waals surface area contributed by atoms with Crippen molar-refractivity contribution >= 4 is 33.3 Å². The van der Waals surface area contributed by atoms with Gasteiger partial charge in [0.25, 0.3) is 0 Å². The molecule has 1 heterocycles. The lowest BCUT2D eigenvalue weighted by atomic mass is 10.2. The molecule has 0 aromatic heterocycles. The molecule has 0 spiro atoms. The molecule has 2 aromatic rings. The molecule has 1 aliphatic heterocycles. The van der Waals surface area contributed by atoms with Gasteiger partial charge in [0.15, 0.2) is 0 Å². The van der Waals surface area contributed by atoms with Crippen molar-refractivity contribution in [1.29, 1.82) is 0 Å². The van der Waals surface area contributed by atoms with Crippen LogP contribution in [0.4, 0.5) is 16.2 Å². The summed E-state index contributed by atoms with van der Waals surface area (Å²) in [4.78, 5) is 14.2. The van der Waals surface area contributed by atoms with Crippen molar-refractivity contribution in [2.75, 3.05) is 16.8 Å². The summed E-state index contributed by atoms with van der Waals surface area (Å²) in [6, 6.07) is 13.8. The maximum absolute atomic E-state index is 12.4. The van der Waals surface area contributed by atoms with Gasteiger partial charge in [0.2, 0.25) is 0 Å². The van der Waals surface area contributed by atoms with Gasteiger partial charge in [0, 0.05) is 22.4 Å². The summed E-state index contributed by atoms with van der Waals surface area (Å²) in [5, 5.41) is 2.99. The first kappa shape index (κ1) is 13.2. The number of para-hydroxylation sites is 1. The number of fused-ring (bicyclic) bond motifs is 1. The third-order valence-electron chi connectivity index (χ3n) is 3.56. The van der Waals surface area contributed by atoms with Gasteiger partial charge < -0.3 is 5.32 Å². The first-order valence-electron chi connectivity index (χ1n) is 6.58. The number of amides is 2. The van der Waals surface area contributed by atoms with Gasteiger partial charge in [0.1, 0.15) is 0 Å². The molecule has 20 heavy (non-hydrogen) atoms. The minimum absolute atomic E-state index is 0.0691. The second kappa shape index (κ2) is 5.29. The molecule has 2 aromatic carbocycles. The van der Waals surface area contributed by atoms with E-state index in [0.29, 0.717) is 0 Å². The summed E-state index contributed by atoms with van der Waals surface area (Å²) >= 11 is 3.43. The van der Waals surface area contributed by atoms with Crippen molar-refractivity contribution in [2.24, 2.45) is 0 Å². The van der Waals surface area contributed by atoms with E-state index in [2.05, 4.69) is 27.3 Å². The number of rotatable bonds is 1. The Morgan fingerprint density at radius 3 is 2.85 bits per heavy atom. The Labute approximate surface area is 126 Å². The van der Waals surface area contributed by atoms with Gasteiger partial charge >= 0.3 is 6.03 Å². The molecule has 0 radical (unpaired) electrons. The highest BCUT2D eigenvalue weighted by atomic mass is 79.9. The van der Waals surface area contributed by atoms with Crippen molar-refractivity contribution < 1.29 is 4.79 Å². The maximum Gasteiger partial charge on any atom is 0.326 e. The molecule has 1 N–H and O–H groups in total. The standard InChI is InChI=1S/C16H15BrN2O/c1-11-10-13(17)6-7-14(11)18-16(20)19-9-8-12-4-2-3-5-15(12)19/h2-7,10H,8-9H2,1H3,(H,18,20). The first-order valence-corrected chi connectivity index (χ1v) is 7.37. The van der Waals surface area contributed by atoms with Crippen LogP contribution in [-0.4, -0.2) is 12.6 Å². The number of carbonyl (C=O) groups is 1. The number of benzene rings is 2. The Balaban J connectivity index is 1.81. The predicted molar refractivity (Wildman–Crippen MR) is 85.4 cm³/mol. The van der Waals surface area contributed by atoms with E-state index in [1.54, 1.807) is 4.90 Å². The van der Waals surface area contributed by atoms with Crippen LogP contribution in [0.3, 0.4) is 0 Å². The quantitative estimate of drug-likeness (QED) is 0.828. The second-order valence-electron chi connectivity index (χ2n) is 4.92. The summed E-state index contributed by atoms with van der Waals surface area (Å²) < 4.78 is 1.01. The van der Waals surface area contributed by atoms with Crippen LogP contribution < -0.4 is 10.2 Å². The summed E-state index contributed by atoms with van der Waals surface area (Å²) in [5.41, 5.74) is 4.14. The summed E-state index contributed by atoms with van der Waals surface area (Å²) in [6.07, 6.45) is 0.920. The number of hydrogen-bond acceptors (Lipinski definition) is 1. The molecule has 0 saturated heterocycles. The molecular weight excluding hydrogens is 316 g/mol. The highest BCUT2D eigenvalue weighted by Gasteiger charge is 2.24. The van der Waals surface area contributed by atoms with Gasteiger partial charge in [-0.05, 0) is 48.7 Å². The fraction of sp³-hybridized carbons (Fsp3) is 0.188. The minimum atomic E-state index is -0.0691. The molecule has 2 amide bonds. The van der Waals surface area contributed by atoms with Gasteiger partial charge in [-0.2, -0.15) is 0 Å². The third-order valence-corrected chi connectivity index (χ3v) is 4.06. The van der Waals surface area contributed by atoms with Crippen molar-refractivity contribution in [3.05, 3.63) is 58.1 Å². The van der Waals surface area contributed by atoms with Crippen molar-refractivity contribution in [3.8, 4) is 0 Å². The van der Waals surface area contributed by atoms with Crippen LogP contribution in [0.2, 0.25) is 0 Å². The zero-order valence-corrected chi connectivity index (χ0v) is 12.8. The highest BCUT2D eigenvalue weighted by molar-refractivity contribution is 9.10. The van der Waals surface area contributed by atoms with E-state index >= 15 is 0 Å². The van der Waals surface area contributed by atoms with Crippen LogP contribution in [0.15, 0.2) is 46.9 Å². The average molecular weight is 331 g/mol. The largest absolute Gasteiger partial charge is 0.326 e. The summed E-state index contributed by atoms with van der Waals surface area (Å²) in [6.45, 7) is 2.72. The van der Waals surface area contributed by atoms with Crippen LogP contribution in [-0.2, 0) is 6.42 Å². The lowest BCUT2D eigenvalue weighted by Gasteiger charge is -2.19. The van der Waals surface area contributed by atoms with E-state index < -0.39 is 0 Å². The summed E-state index contributed by atoms with van der Waals surface area (Å²) in [5.74, 6) is 0. The second-order valence-corrected chi connectivity index (χ2v) is 5.84. The predicted octanol–water partition coefficient (Wildman–Crippen LogP) is 4.35. The smallest absolute Gasteiger partial charge is 0.307 e. The van der Waals surface area contributed by atoms with Crippen LogP contribution in [0.1, 0.15) is 11.1 Å². The Morgan fingerprint density at radius 1 is 1.25 bits per heavy atom. The van der Waals surface area contributed by atoms with E-state index in [0.717, 1.165) is 34.4 Å². The molecule has 3 rings (SSSR count). The van der Waals surface area contributed by atoms with Gasteiger partial charge in [-0.3, -0.25) is 4.90 Å². The molecule has 0 fully saturated rings. The van der Waals surface area contributed by atoms with Crippen LogP contribution in [0.25, 0.3) is 0 Å². The van der Waals surface area contributed by atoms with Gasteiger partial charge in [-0.1, -0.05) is 34.1 Å². The zero-order valence-electron chi connectivity index (χ0n) is 11.2. The molecule has 1 aliphatic rings. The van der Waals surface area contributed by atoms with Crippen LogP contribution in [0.5, 0.6) is 0 Å². The lowest BCUT2D eigenvalue weighted by molar-refractivity contribution is 0.257. The molecule has 0 aliphatic carbocycles. The SMILES string of the molecule is Cc1cc(Br)ccc1NC(=O)N1CCc2ccccc21. The van der Waals surface area contributed by atoms with E-state index in [9.17, 15) is 4.79 Å². The fourth-order valence-corrected chi connectivity index (χ4v) is 2.97. The number of hydrogen-bond donors (Lipinski definition) is 1. The molecule has 0 atom stereocenters. The zero-order chi connectivity index (χ0) is 14.1. The van der Waals surface area contributed by atoms with E-state index in [1.165, 1.54) is 5.56 Å². The van der Waals surface area contributed by atoms with Crippen molar-refractivity contribution in [3.63, 3.8) is 0 Å². The number of carbonyl (C=O) groups excluding carboxylic acids is 1. The van der Waals surface area contributed by atoms with E-state index in [1.807, 2.05) is 43.3 Å². The molecular formula is C16H15BrN2O. The third kappa shape index (κ3) is 2.43. The Hall–Kier alpha value is -1.81. The number of anilines is 2. The van der Waals surface area contributed by atoms with E-state index in [-0.39, 0.29) is 6.03 Å². The maximum atomic E-state index is 12.4. The topological polar surface area (TPSA) is 32.3 Å². The molecule has 3 nitrogen and oxygen atoms in total. The minimum Gasteiger partial charge on any atom is -0.307 e. The number of aryl methyl sites for hydroxylation is 1. The van der Waals surface area contributed by atoms with E-state index in [4.69, 9.17) is 0 Å². The van der Waals surface area contributed by atoms with Crippen LogP contribution >= 0.6 is 15.9 Å². The molecule has 0 unspecified atom stereocenters. The lowest BCUT2D eigenvalue weighted by Crippen LogP contribution is -2.33. The van der Waals surface area contributed by atoms with Crippen molar-refractivity contribution in [2.45, 2.75) is 13.3 Å². The number of nitrogens with one attached hydrogen (secondary N) is 1. The molecule has 0 saturated carbocycles.